The number of benzene rings is 2. The van der Waals surface area contributed by atoms with Crippen LogP contribution in [0.4, 0.5) is 0 Å². The van der Waals surface area contributed by atoms with Crippen LogP contribution in [0.3, 0.4) is 0 Å². The van der Waals surface area contributed by atoms with Gasteiger partial charge in [-0.25, -0.2) is 4.98 Å². The summed E-state index contributed by atoms with van der Waals surface area (Å²) in [7, 11) is 0. The van der Waals surface area contributed by atoms with Gasteiger partial charge in [0.1, 0.15) is 11.0 Å². The summed E-state index contributed by atoms with van der Waals surface area (Å²) in [5.41, 5.74) is 4.71. The lowest BCUT2D eigenvalue weighted by atomic mass is 10.1. The Bertz CT molecular complexity index is 1260. The average molecular weight is 327 g/mol. The molecule has 0 radical (unpaired) electrons. The van der Waals surface area contributed by atoms with E-state index in [4.69, 9.17) is 0 Å². The molecule has 120 valence electrons. The highest BCUT2D eigenvalue weighted by Crippen LogP contribution is 2.33. The van der Waals surface area contributed by atoms with Gasteiger partial charge in [0.05, 0.1) is 18.0 Å². The van der Waals surface area contributed by atoms with E-state index in [0.717, 1.165) is 27.7 Å². The molecule has 0 atom stereocenters. The van der Waals surface area contributed by atoms with Gasteiger partial charge in [-0.3, -0.25) is 9.89 Å². The largest absolute Gasteiger partial charge is 0.311 e. The minimum absolute atomic E-state index is 0.170. The molecule has 0 aliphatic heterocycles. The smallest absolute Gasteiger partial charge is 0.275 e. The van der Waals surface area contributed by atoms with Crippen molar-refractivity contribution in [3.05, 3.63) is 77.6 Å². The van der Waals surface area contributed by atoms with Crippen LogP contribution in [0.2, 0.25) is 0 Å². The number of hydrogen-bond donors (Lipinski definition) is 2. The van der Waals surface area contributed by atoms with Gasteiger partial charge in [-0.1, -0.05) is 36.4 Å². The van der Waals surface area contributed by atoms with Crippen molar-refractivity contribution < 1.29 is 0 Å². The first kappa shape index (κ1) is 13.7. The van der Waals surface area contributed by atoms with Gasteiger partial charge in [-0.05, 0) is 12.1 Å². The van der Waals surface area contributed by atoms with Crippen molar-refractivity contribution in [2.24, 2.45) is 0 Å². The number of fused-ring (bicyclic) bond motifs is 2. The molecule has 0 saturated carbocycles. The summed E-state index contributed by atoms with van der Waals surface area (Å²) in [4.78, 5) is 19.6. The van der Waals surface area contributed by atoms with Crippen molar-refractivity contribution in [1.29, 1.82) is 0 Å². The minimum atomic E-state index is -0.170. The molecule has 3 heterocycles. The molecule has 0 unspecified atom stereocenters. The molecule has 5 rings (SSSR count). The Morgan fingerprint density at radius 3 is 2.72 bits per heavy atom. The summed E-state index contributed by atoms with van der Waals surface area (Å²) in [6.07, 6.45) is 5.18. The second kappa shape index (κ2) is 5.17. The van der Waals surface area contributed by atoms with Crippen LogP contribution in [0.5, 0.6) is 0 Å². The van der Waals surface area contributed by atoms with E-state index in [1.165, 1.54) is 6.33 Å². The lowest BCUT2D eigenvalue weighted by Gasteiger charge is -2.03. The molecule has 3 aromatic heterocycles. The van der Waals surface area contributed by atoms with Crippen LogP contribution in [-0.4, -0.2) is 24.7 Å². The molecule has 0 amide bonds. The molecule has 6 heteroatoms. The molecule has 6 nitrogen and oxygen atoms in total. The SMILES string of the molecule is O=c1[nH]cnc2c(-c3cccc4cn[nH]c34)cn(-c3ccccc3)c12. The zero-order valence-electron chi connectivity index (χ0n) is 13.1. The molecule has 0 spiro atoms. The van der Waals surface area contributed by atoms with Crippen LogP contribution in [-0.2, 0) is 0 Å². The number of para-hydroxylation sites is 2. The number of aromatic amines is 2. The third-order valence-corrected chi connectivity index (χ3v) is 4.38. The minimum Gasteiger partial charge on any atom is -0.311 e. The van der Waals surface area contributed by atoms with E-state index in [-0.39, 0.29) is 5.56 Å². The van der Waals surface area contributed by atoms with Crippen LogP contribution in [0.15, 0.2) is 72.0 Å². The molecule has 0 fully saturated rings. The van der Waals surface area contributed by atoms with Crippen LogP contribution in [0, 0.1) is 0 Å². The van der Waals surface area contributed by atoms with Crippen molar-refractivity contribution >= 4 is 21.9 Å². The predicted octanol–water partition coefficient (Wildman–Crippen LogP) is 3.26. The maximum Gasteiger partial charge on any atom is 0.275 e. The summed E-state index contributed by atoms with van der Waals surface area (Å²) in [5, 5.41) is 8.19. The van der Waals surface area contributed by atoms with E-state index in [1.807, 2.05) is 59.3 Å². The van der Waals surface area contributed by atoms with Crippen LogP contribution in [0.25, 0.3) is 38.8 Å². The molecule has 2 N–H and O–H groups in total. The van der Waals surface area contributed by atoms with E-state index in [2.05, 4.69) is 20.2 Å². The van der Waals surface area contributed by atoms with Crippen molar-refractivity contribution in [3.8, 4) is 16.8 Å². The van der Waals surface area contributed by atoms with E-state index >= 15 is 0 Å². The third kappa shape index (κ3) is 2.01. The maximum atomic E-state index is 12.5. The number of aromatic nitrogens is 5. The van der Waals surface area contributed by atoms with Gasteiger partial charge in [-0.2, -0.15) is 5.10 Å². The zero-order valence-corrected chi connectivity index (χ0v) is 13.1. The molecular weight excluding hydrogens is 314 g/mol. The quantitative estimate of drug-likeness (QED) is 0.522. The molecule has 0 bridgehead atoms. The fourth-order valence-corrected chi connectivity index (χ4v) is 3.25. The molecule has 0 saturated heterocycles. The summed E-state index contributed by atoms with van der Waals surface area (Å²) in [5.74, 6) is 0. The normalized spacial score (nSPS) is 11.4. The van der Waals surface area contributed by atoms with E-state index in [9.17, 15) is 4.79 Å². The van der Waals surface area contributed by atoms with Gasteiger partial charge in [0.2, 0.25) is 0 Å². The Hall–Kier alpha value is -3.67. The van der Waals surface area contributed by atoms with E-state index in [0.29, 0.717) is 11.0 Å². The fourth-order valence-electron chi connectivity index (χ4n) is 3.25. The molecular formula is C19H13N5O. The Morgan fingerprint density at radius 1 is 0.960 bits per heavy atom. The van der Waals surface area contributed by atoms with Crippen LogP contribution < -0.4 is 5.56 Å². The Labute approximate surface area is 141 Å². The zero-order chi connectivity index (χ0) is 16.8. The van der Waals surface area contributed by atoms with Gasteiger partial charge in [0.25, 0.3) is 5.56 Å². The lowest BCUT2D eigenvalue weighted by Crippen LogP contribution is -2.09. The van der Waals surface area contributed by atoms with E-state index in [1.54, 1.807) is 6.20 Å². The van der Waals surface area contributed by atoms with Crippen molar-refractivity contribution in [1.82, 2.24) is 24.7 Å². The standard InChI is InChI=1S/C19H13N5O/c25-19-18-17(20-11-21-19)15(10-24(18)13-6-2-1-3-7-13)14-8-4-5-12-9-22-23-16(12)14/h1-11H,(H,22,23)(H,20,21,25). The second-order valence-corrected chi connectivity index (χ2v) is 5.82. The highest BCUT2D eigenvalue weighted by Gasteiger charge is 2.17. The first-order valence-electron chi connectivity index (χ1n) is 7.89. The van der Waals surface area contributed by atoms with Gasteiger partial charge in [0, 0.05) is 28.4 Å². The second-order valence-electron chi connectivity index (χ2n) is 5.82. The highest BCUT2D eigenvalue weighted by atomic mass is 16.1. The topological polar surface area (TPSA) is 79.4 Å². The Morgan fingerprint density at radius 2 is 1.84 bits per heavy atom. The summed E-state index contributed by atoms with van der Waals surface area (Å²) < 4.78 is 1.88. The fraction of sp³-hybridized carbons (Fsp3) is 0. The van der Waals surface area contributed by atoms with Gasteiger partial charge < -0.3 is 9.55 Å². The number of nitrogens with zero attached hydrogens (tertiary/aromatic N) is 3. The monoisotopic (exact) mass is 327 g/mol. The van der Waals surface area contributed by atoms with Crippen molar-refractivity contribution in [2.75, 3.05) is 0 Å². The van der Waals surface area contributed by atoms with Crippen molar-refractivity contribution in [2.45, 2.75) is 0 Å². The number of nitrogens with one attached hydrogen (secondary N) is 2. The van der Waals surface area contributed by atoms with Gasteiger partial charge in [0.15, 0.2) is 0 Å². The van der Waals surface area contributed by atoms with Gasteiger partial charge in [-0.15, -0.1) is 0 Å². The van der Waals surface area contributed by atoms with Gasteiger partial charge >= 0.3 is 0 Å². The number of hydrogen-bond acceptors (Lipinski definition) is 3. The number of rotatable bonds is 2. The molecule has 25 heavy (non-hydrogen) atoms. The Balaban J connectivity index is 1.91. The Kier molecular flexibility index (Phi) is 2.84. The maximum absolute atomic E-state index is 12.5. The summed E-state index contributed by atoms with van der Waals surface area (Å²) in [6, 6.07) is 15.8. The molecule has 0 aliphatic rings. The van der Waals surface area contributed by atoms with Crippen molar-refractivity contribution in [3.63, 3.8) is 0 Å². The van der Waals surface area contributed by atoms with Crippen LogP contribution >= 0.6 is 0 Å². The molecule has 0 aliphatic carbocycles. The first-order valence-corrected chi connectivity index (χ1v) is 7.89. The van der Waals surface area contributed by atoms with E-state index < -0.39 is 0 Å². The summed E-state index contributed by atoms with van der Waals surface area (Å²) >= 11 is 0. The highest BCUT2D eigenvalue weighted by molar-refractivity contribution is 6.02. The number of H-pyrrole nitrogens is 2. The summed E-state index contributed by atoms with van der Waals surface area (Å²) in [6.45, 7) is 0. The molecule has 5 aromatic rings. The van der Waals surface area contributed by atoms with Crippen LogP contribution in [0.1, 0.15) is 0 Å². The lowest BCUT2D eigenvalue weighted by molar-refractivity contribution is 1.08. The molecule has 2 aromatic carbocycles. The average Bonchev–Trinajstić information content (AvgIpc) is 3.28. The third-order valence-electron chi connectivity index (χ3n) is 4.38. The predicted molar refractivity (Wildman–Crippen MR) is 96.8 cm³/mol. The first-order chi connectivity index (χ1) is 12.3.